The van der Waals surface area contributed by atoms with Crippen molar-refractivity contribution in [3.63, 3.8) is 0 Å². The van der Waals surface area contributed by atoms with Gasteiger partial charge in [-0.3, -0.25) is 9.52 Å². The van der Waals surface area contributed by atoms with Gasteiger partial charge in [0, 0.05) is 19.0 Å². The lowest BCUT2D eigenvalue weighted by molar-refractivity contribution is -0.122. The van der Waals surface area contributed by atoms with E-state index in [2.05, 4.69) is 9.62 Å². The molecule has 1 aliphatic rings. The summed E-state index contributed by atoms with van der Waals surface area (Å²) in [4.78, 5) is 13.7. The molecule has 0 saturated carbocycles. The van der Waals surface area contributed by atoms with Crippen LogP contribution in [0.3, 0.4) is 0 Å². The second kappa shape index (κ2) is 8.84. The lowest BCUT2D eigenvalue weighted by Crippen LogP contribution is -2.40. The standard InChI is InChI=1S/C15H30N2O4S/c1-12(2)15(18)16-22(19,20)11-5-8-17-9-6-14(7-10-17)21-13(3)4/h12-14H,5-11H2,1-4H3,(H,16,18). The van der Waals surface area contributed by atoms with Gasteiger partial charge in [-0.15, -0.1) is 0 Å². The van der Waals surface area contributed by atoms with E-state index < -0.39 is 15.9 Å². The van der Waals surface area contributed by atoms with Crippen LogP contribution in [0.5, 0.6) is 0 Å². The van der Waals surface area contributed by atoms with Crippen LogP contribution in [0.2, 0.25) is 0 Å². The predicted molar refractivity (Wildman–Crippen MR) is 87.1 cm³/mol. The van der Waals surface area contributed by atoms with Crippen molar-refractivity contribution >= 4 is 15.9 Å². The van der Waals surface area contributed by atoms with E-state index in [1.165, 1.54) is 0 Å². The molecule has 0 bridgehead atoms. The van der Waals surface area contributed by atoms with Crippen molar-refractivity contribution in [1.82, 2.24) is 9.62 Å². The van der Waals surface area contributed by atoms with Gasteiger partial charge in [-0.25, -0.2) is 8.42 Å². The summed E-state index contributed by atoms with van der Waals surface area (Å²) in [6.45, 7) is 10.1. The summed E-state index contributed by atoms with van der Waals surface area (Å²) in [7, 11) is -3.50. The molecule has 1 fully saturated rings. The molecule has 1 aliphatic heterocycles. The number of likely N-dealkylation sites (tertiary alicyclic amines) is 1. The highest BCUT2D eigenvalue weighted by atomic mass is 32.2. The van der Waals surface area contributed by atoms with Crippen LogP contribution in [-0.2, 0) is 19.6 Å². The Hall–Kier alpha value is -0.660. The average Bonchev–Trinajstić information content (AvgIpc) is 2.39. The highest BCUT2D eigenvalue weighted by Gasteiger charge is 2.21. The summed E-state index contributed by atoms with van der Waals surface area (Å²) in [5.41, 5.74) is 0. The lowest BCUT2D eigenvalue weighted by atomic mass is 10.1. The number of carbonyl (C=O) groups is 1. The van der Waals surface area contributed by atoms with E-state index in [-0.39, 0.29) is 17.8 Å². The van der Waals surface area contributed by atoms with Gasteiger partial charge in [0.05, 0.1) is 18.0 Å². The lowest BCUT2D eigenvalue weighted by Gasteiger charge is -2.32. The van der Waals surface area contributed by atoms with Crippen molar-refractivity contribution in [1.29, 1.82) is 0 Å². The third-order valence-corrected chi connectivity index (χ3v) is 5.01. The normalized spacial score (nSPS) is 18.1. The molecule has 1 heterocycles. The Morgan fingerprint density at radius 2 is 1.82 bits per heavy atom. The molecular formula is C15H30N2O4S. The van der Waals surface area contributed by atoms with E-state index in [0.29, 0.717) is 12.5 Å². The molecular weight excluding hydrogens is 304 g/mol. The molecule has 0 aromatic heterocycles. The van der Waals surface area contributed by atoms with Crippen LogP contribution in [0, 0.1) is 5.92 Å². The maximum Gasteiger partial charge on any atom is 0.235 e. The molecule has 0 unspecified atom stereocenters. The zero-order valence-corrected chi connectivity index (χ0v) is 15.0. The quantitative estimate of drug-likeness (QED) is 0.725. The van der Waals surface area contributed by atoms with Crippen molar-refractivity contribution in [2.45, 2.75) is 59.2 Å². The fourth-order valence-corrected chi connectivity index (χ4v) is 3.61. The minimum atomic E-state index is -3.50. The van der Waals surface area contributed by atoms with Crippen molar-refractivity contribution < 1.29 is 17.9 Å². The van der Waals surface area contributed by atoms with Gasteiger partial charge in [-0.05, 0) is 39.7 Å². The topological polar surface area (TPSA) is 75.7 Å². The van der Waals surface area contributed by atoms with Crippen molar-refractivity contribution in [2.24, 2.45) is 5.92 Å². The van der Waals surface area contributed by atoms with E-state index in [1.54, 1.807) is 13.8 Å². The van der Waals surface area contributed by atoms with Crippen molar-refractivity contribution in [2.75, 3.05) is 25.4 Å². The molecule has 22 heavy (non-hydrogen) atoms. The highest BCUT2D eigenvalue weighted by molar-refractivity contribution is 7.90. The smallest absolute Gasteiger partial charge is 0.235 e. The van der Waals surface area contributed by atoms with Crippen LogP contribution < -0.4 is 4.72 Å². The Kier molecular flexibility index (Phi) is 7.79. The SMILES string of the molecule is CC(C)OC1CCN(CCCS(=O)(=O)NC(=O)C(C)C)CC1. The highest BCUT2D eigenvalue weighted by Crippen LogP contribution is 2.15. The first kappa shape index (κ1) is 19.4. The number of sulfonamides is 1. The average molecular weight is 334 g/mol. The Morgan fingerprint density at radius 1 is 1.23 bits per heavy atom. The molecule has 0 aromatic rings. The van der Waals surface area contributed by atoms with E-state index in [1.807, 2.05) is 13.8 Å². The summed E-state index contributed by atoms with van der Waals surface area (Å²) < 4.78 is 31.5. The molecule has 0 spiro atoms. The zero-order chi connectivity index (χ0) is 16.8. The molecule has 0 radical (unpaired) electrons. The zero-order valence-electron chi connectivity index (χ0n) is 14.2. The third kappa shape index (κ3) is 7.56. The predicted octanol–water partition coefficient (Wildman–Crippen LogP) is 1.37. The Labute approximate surface area is 134 Å². The number of hydrogen-bond donors (Lipinski definition) is 1. The minimum absolute atomic E-state index is 0.00607. The number of rotatable bonds is 8. The summed E-state index contributed by atoms with van der Waals surface area (Å²) >= 11 is 0. The van der Waals surface area contributed by atoms with Gasteiger partial charge < -0.3 is 9.64 Å². The van der Waals surface area contributed by atoms with Gasteiger partial charge in [-0.1, -0.05) is 13.8 Å². The second-order valence-electron chi connectivity index (χ2n) is 6.52. The Balaban J connectivity index is 2.24. The number of carbonyl (C=O) groups excluding carboxylic acids is 1. The van der Waals surface area contributed by atoms with Gasteiger partial charge in [0.15, 0.2) is 0 Å². The van der Waals surface area contributed by atoms with Gasteiger partial charge in [0.25, 0.3) is 0 Å². The van der Waals surface area contributed by atoms with Gasteiger partial charge in [-0.2, -0.15) is 0 Å². The Bertz CT molecular complexity index is 440. The molecule has 0 atom stereocenters. The first-order chi connectivity index (χ1) is 10.2. The molecule has 1 saturated heterocycles. The van der Waals surface area contributed by atoms with Gasteiger partial charge >= 0.3 is 0 Å². The van der Waals surface area contributed by atoms with Crippen molar-refractivity contribution in [3.8, 4) is 0 Å². The number of nitrogens with one attached hydrogen (secondary N) is 1. The second-order valence-corrected chi connectivity index (χ2v) is 8.36. The molecule has 1 amide bonds. The van der Waals surface area contributed by atoms with E-state index in [9.17, 15) is 13.2 Å². The Morgan fingerprint density at radius 3 is 2.32 bits per heavy atom. The summed E-state index contributed by atoms with van der Waals surface area (Å²) in [5.74, 6) is -0.769. The molecule has 0 aliphatic carbocycles. The van der Waals surface area contributed by atoms with Crippen LogP contribution in [0.15, 0.2) is 0 Å². The fraction of sp³-hybridized carbons (Fsp3) is 0.933. The number of piperidine rings is 1. The number of amides is 1. The molecule has 0 aromatic carbocycles. The van der Waals surface area contributed by atoms with Crippen molar-refractivity contribution in [3.05, 3.63) is 0 Å². The van der Waals surface area contributed by atoms with Crippen LogP contribution in [0.25, 0.3) is 0 Å². The number of nitrogens with zero attached hydrogens (tertiary/aromatic N) is 1. The monoisotopic (exact) mass is 334 g/mol. The molecule has 130 valence electrons. The molecule has 1 N–H and O–H groups in total. The van der Waals surface area contributed by atoms with E-state index >= 15 is 0 Å². The maximum absolute atomic E-state index is 11.8. The summed E-state index contributed by atoms with van der Waals surface area (Å²) in [6, 6.07) is 0. The van der Waals surface area contributed by atoms with Crippen LogP contribution in [0.4, 0.5) is 0 Å². The van der Waals surface area contributed by atoms with E-state index in [4.69, 9.17) is 4.74 Å². The molecule has 1 rings (SSSR count). The first-order valence-electron chi connectivity index (χ1n) is 8.11. The number of hydrogen-bond acceptors (Lipinski definition) is 5. The molecule has 6 nitrogen and oxygen atoms in total. The van der Waals surface area contributed by atoms with Crippen LogP contribution in [0.1, 0.15) is 47.0 Å². The van der Waals surface area contributed by atoms with Gasteiger partial charge in [0.2, 0.25) is 15.9 Å². The third-order valence-electron chi connectivity index (χ3n) is 3.67. The largest absolute Gasteiger partial charge is 0.375 e. The van der Waals surface area contributed by atoms with Crippen LogP contribution >= 0.6 is 0 Å². The first-order valence-corrected chi connectivity index (χ1v) is 9.77. The maximum atomic E-state index is 11.8. The number of ether oxygens (including phenoxy) is 1. The van der Waals surface area contributed by atoms with Gasteiger partial charge in [0.1, 0.15) is 0 Å². The van der Waals surface area contributed by atoms with E-state index in [0.717, 1.165) is 32.5 Å². The van der Waals surface area contributed by atoms with Crippen LogP contribution in [-0.4, -0.2) is 56.8 Å². The fourth-order valence-electron chi connectivity index (χ4n) is 2.45. The molecule has 7 heteroatoms. The summed E-state index contributed by atoms with van der Waals surface area (Å²) in [5, 5.41) is 0. The summed E-state index contributed by atoms with van der Waals surface area (Å²) in [6.07, 6.45) is 3.11. The minimum Gasteiger partial charge on any atom is -0.375 e.